The maximum Gasteiger partial charge on any atom is 0.0743 e. The minimum absolute atomic E-state index is 0.921. The molecule has 0 saturated carbocycles. The molecule has 0 radical (unpaired) electrons. The Kier molecular flexibility index (Phi) is 4.30. The van der Waals surface area contributed by atoms with Gasteiger partial charge in [-0.25, -0.2) is 9.97 Å². The molecule has 2 aliphatic rings. The van der Waals surface area contributed by atoms with Crippen LogP contribution in [-0.2, 0) is 0 Å². The summed E-state index contributed by atoms with van der Waals surface area (Å²) in [6.07, 6.45) is 4.14. The molecule has 2 aliphatic heterocycles. The van der Waals surface area contributed by atoms with Crippen LogP contribution in [0.4, 0.5) is 0 Å². The quantitative estimate of drug-likeness (QED) is 0.214. The summed E-state index contributed by atoms with van der Waals surface area (Å²) in [5.74, 6) is 0. The van der Waals surface area contributed by atoms with E-state index >= 15 is 0 Å². The van der Waals surface area contributed by atoms with Crippen LogP contribution in [0, 0.1) is 0 Å². The van der Waals surface area contributed by atoms with E-state index < -0.39 is 0 Å². The molecule has 0 amide bonds. The minimum Gasteiger partial charge on any atom is -0.355 e. The molecular formula is C36H22N4. The highest BCUT2D eigenvalue weighted by molar-refractivity contribution is 6.20. The van der Waals surface area contributed by atoms with Gasteiger partial charge >= 0.3 is 0 Å². The van der Waals surface area contributed by atoms with Crippen LogP contribution in [0.1, 0.15) is 11.4 Å². The molecule has 8 bridgehead atoms. The second kappa shape index (κ2) is 8.01. The van der Waals surface area contributed by atoms with Crippen molar-refractivity contribution in [3.05, 3.63) is 121 Å². The number of aromatic nitrogens is 4. The summed E-state index contributed by atoms with van der Waals surface area (Å²) in [5.41, 5.74) is 10.2. The maximum atomic E-state index is 5.23. The molecule has 0 aliphatic carbocycles. The van der Waals surface area contributed by atoms with Gasteiger partial charge in [0.2, 0.25) is 0 Å². The Morgan fingerprint density at radius 3 is 2.08 bits per heavy atom. The van der Waals surface area contributed by atoms with E-state index in [1.807, 2.05) is 0 Å². The number of fused-ring (bicyclic) bond motifs is 18. The van der Waals surface area contributed by atoms with Gasteiger partial charge < -0.3 is 9.97 Å². The van der Waals surface area contributed by atoms with Gasteiger partial charge in [-0.05, 0) is 70.1 Å². The molecule has 5 heterocycles. The zero-order valence-corrected chi connectivity index (χ0v) is 21.4. The van der Waals surface area contributed by atoms with Gasteiger partial charge in [0.15, 0.2) is 0 Å². The predicted octanol–water partition coefficient (Wildman–Crippen LogP) is 9.28. The molecule has 0 spiro atoms. The molecule has 0 fully saturated rings. The van der Waals surface area contributed by atoms with E-state index in [0.29, 0.717) is 0 Å². The van der Waals surface area contributed by atoms with Crippen LogP contribution in [0.5, 0.6) is 0 Å². The number of nitrogens with one attached hydrogen (secondary N) is 2. The summed E-state index contributed by atoms with van der Waals surface area (Å²) < 4.78 is 0. The Morgan fingerprint density at radius 1 is 0.475 bits per heavy atom. The maximum absolute atomic E-state index is 5.23. The van der Waals surface area contributed by atoms with Crippen molar-refractivity contribution < 1.29 is 0 Å². The molecule has 7 aromatic rings. The van der Waals surface area contributed by atoms with Crippen LogP contribution >= 0.6 is 0 Å². The van der Waals surface area contributed by atoms with Crippen molar-refractivity contribution in [2.24, 2.45) is 0 Å². The van der Waals surface area contributed by atoms with Crippen LogP contribution in [0.15, 0.2) is 109 Å². The summed E-state index contributed by atoms with van der Waals surface area (Å²) >= 11 is 0. The topological polar surface area (TPSA) is 57.4 Å². The lowest BCUT2D eigenvalue weighted by Crippen LogP contribution is -1.81. The van der Waals surface area contributed by atoms with Crippen LogP contribution < -0.4 is 0 Å². The molecule has 186 valence electrons. The first kappa shape index (κ1) is 21.5. The smallest absolute Gasteiger partial charge is 0.0743 e. The van der Waals surface area contributed by atoms with Gasteiger partial charge in [-0.2, -0.15) is 0 Å². The fourth-order valence-corrected chi connectivity index (χ4v) is 6.25. The predicted molar refractivity (Wildman–Crippen MR) is 167 cm³/mol. The highest BCUT2D eigenvalue weighted by Crippen LogP contribution is 2.42. The lowest BCUT2D eigenvalue weighted by atomic mass is 9.97. The lowest BCUT2D eigenvalue weighted by molar-refractivity contribution is 1.32. The molecule has 9 rings (SSSR count). The van der Waals surface area contributed by atoms with Gasteiger partial charge in [0.05, 0.1) is 22.8 Å². The highest BCUT2D eigenvalue weighted by Gasteiger charge is 2.19. The van der Waals surface area contributed by atoms with E-state index in [0.717, 1.165) is 50.4 Å². The van der Waals surface area contributed by atoms with E-state index in [-0.39, 0.29) is 0 Å². The Labute approximate surface area is 229 Å². The third-order valence-corrected chi connectivity index (χ3v) is 8.04. The average Bonchev–Trinajstić information content (AvgIpc) is 3.76. The summed E-state index contributed by atoms with van der Waals surface area (Å²) in [6.45, 7) is 0. The monoisotopic (exact) mass is 510 g/mol. The van der Waals surface area contributed by atoms with E-state index in [2.05, 4.69) is 131 Å². The van der Waals surface area contributed by atoms with Gasteiger partial charge in [-0.15, -0.1) is 0 Å². The van der Waals surface area contributed by atoms with Gasteiger partial charge in [0.25, 0.3) is 0 Å². The van der Waals surface area contributed by atoms with Crippen molar-refractivity contribution in [3.63, 3.8) is 0 Å². The van der Waals surface area contributed by atoms with Gasteiger partial charge in [0.1, 0.15) is 0 Å². The summed E-state index contributed by atoms with van der Waals surface area (Å²) in [6, 6.07) is 38.7. The molecule has 0 unspecified atom stereocenters. The molecule has 4 aromatic carbocycles. The number of rotatable bonds is 0. The molecule has 4 nitrogen and oxygen atoms in total. The van der Waals surface area contributed by atoms with Gasteiger partial charge in [0, 0.05) is 44.0 Å². The third-order valence-electron chi connectivity index (χ3n) is 8.04. The largest absolute Gasteiger partial charge is 0.355 e. The minimum atomic E-state index is 0.921. The molecule has 0 atom stereocenters. The van der Waals surface area contributed by atoms with E-state index in [9.17, 15) is 0 Å². The number of benzene rings is 4. The average molecular weight is 511 g/mol. The SMILES string of the molecule is C1=Cc2cc3[nH]c(cc4nc(cc5ccc(cc1n2)[nH]5)-c1ccc2ccccc2c1-4)c1ccc2ccccc2c31. The molecule has 40 heavy (non-hydrogen) atoms. The van der Waals surface area contributed by atoms with Crippen molar-refractivity contribution in [3.8, 4) is 22.5 Å². The fourth-order valence-electron chi connectivity index (χ4n) is 6.25. The number of H-pyrrole nitrogens is 2. The van der Waals surface area contributed by atoms with Crippen molar-refractivity contribution >= 4 is 66.5 Å². The molecule has 4 heteroatoms. The van der Waals surface area contributed by atoms with Crippen molar-refractivity contribution in [2.75, 3.05) is 0 Å². The Hall–Kier alpha value is -5.48. The Balaban J connectivity index is 1.50. The first-order valence-electron chi connectivity index (χ1n) is 13.5. The van der Waals surface area contributed by atoms with Gasteiger partial charge in [-0.1, -0.05) is 72.8 Å². The van der Waals surface area contributed by atoms with E-state index in [4.69, 9.17) is 9.97 Å². The first-order valence-corrected chi connectivity index (χ1v) is 13.5. The highest BCUT2D eigenvalue weighted by atomic mass is 14.8. The van der Waals surface area contributed by atoms with E-state index in [1.165, 1.54) is 37.9 Å². The Morgan fingerprint density at radius 2 is 1.20 bits per heavy atom. The van der Waals surface area contributed by atoms with Crippen molar-refractivity contribution in [2.45, 2.75) is 0 Å². The number of nitrogens with zero attached hydrogens (tertiary/aromatic N) is 2. The second-order valence-electron chi connectivity index (χ2n) is 10.5. The Bertz CT molecular complexity index is 2390. The van der Waals surface area contributed by atoms with Crippen molar-refractivity contribution in [1.82, 2.24) is 19.9 Å². The summed E-state index contributed by atoms with van der Waals surface area (Å²) in [5, 5.41) is 7.22. The third kappa shape index (κ3) is 3.20. The van der Waals surface area contributed by atoms with Gasteiger partial charge in [-0.3, -0.25) is 0 Å². The van der Waals surface area contributed by atoms with Crippen LogP contribution in [0.3, 0.4) is 0 Å². The molecule has 3 aromatic heterocycles. The fraction of sp³-hybridized carbons (Fsp3) is 0. The number of aromatic amines is 2. The molecule has 0 saturated heterocycles. The van der Waals surface area contributed by atoms with Crippen LogP contribution in [-0.4, -0.2) is 19.9 Å². The second-order valence-corrected chi connectivity index (χ2v) is 10.5. The lowest BCUT2D eigenvalue weighted by Gasteiger charge is -2.05. The number of hydrogen-bond donors (Lipinski definition) is 2. The molecular weight excluding hydrogens is 488 g/mol. The van der Waals surface area contributed by atoms with Crippen LogP contribution in [0.25, 0.3) is 89.1 Å². The summed E-state index contributed by atoms with van der Waals surface area (Å²) in [4.78, 5) is 17.4. The zero-order valence-electron chi connectivity index (χ0n) is 21.4. The standard InChI is InChI=1S/C36H22N4/c1-3-7-27-21(5-1)10-16-30-32-20-34-36-28-8-4-2-6-22(28)9-15-29(36)31(39-34)18-25-13-11-23(37-25)17-24-12-14-26(38-24)19-33(40-32)35(27)30/h1-20,37,40H. The zero-order chi connectivity index (χ0) is 26.2. The van der Waals surface area contributed by atoms with Crippen molar-refractivity contribution in [1.29, 1.82) is 0 Å². The molecule has 2 N–H and O–H groups in total. The summed E-state index contributed by atoms with van der Waals surface area (Å²) in [7, 11) is 0. The number of hydrogen-bond acceptors (Lipinski definition) is 2. The normalized spacial score (nSPS) is 12.4. The first-order chi connectivity index (χ1) is 19.8. The van der Waals surface area contributed by atoms with Crippen LogP contribution in [0.2, 0.25) is 0 Å². The van der Waals surface area contributed by atoms with E-state index in [1.54, 1.807) is 0 Å².